The number of nitrogens with one attached hydrogen (secondary N) is 1. The summed E-state index contributed by atoms with van der Waals surface area (Å²) in [4.78, 5) is 0. The summed E-state index contributed by atoms with van der Waals surface area (Å²) in [5, 5.41) is 3.48. The molecule has 3 heteroatoms. The lowest BCUT2D eigenvalue weighted by Gasteiger charge is -2.23. The van der Waals surface area contributed by atoms with Gasteiger partial charge in [-0.05, 0) is 37.8 Å². The maximum Gasteiger partial charge on any atom is 0.263 e. The van der Waals surface area contributed by atoms with E-state index < -0.39 is 6.43 Å². The molecule has 1 N–H and O–H groups in total. The van der Waals surface area contributed by atoms with Crippen molar-refractivity contribution in [2.24, 2.45) is 0 Å². The first-order chi connectivity index (χ1) is 8.25. The zero-order chi connectivity index (χ0) is 12.1. The minimum absolute atomic E-state index is 0.138. The highest BCUT2D eigenvalue weighted by atomic mass is 19.3. The molecule has 1 atom stereocenters. The van der Waals surface area contributed by atoms with Gasteiger partial charge >= 0.3 is 0 Å². The maximum absolute atomic E-state index is 12.5. The summed E-state index contributed by atoms with van der Waals surface area (Å²) < 4.78 is 25.1. The molecule has 1 saturated heterocycles. The fourth-order valence-corrected chi connectivity index (χ4v) is 2.40. The van der Waals surface area contributed by atoms with E-state index in [0.29, 0.717) is 6.04 Å². The molecule has 1 aliphatic heterocycles. The predicted molar refractivity (Wildman–Crippen MR) is 65.4 cm³/mol. The van der Waals surface area contributed by atoms with Crippen molar-refractivity contribution in [2.45, 2.75) is 44.6 Å². The third kappa shape index (κ3) is 3.77. The Hall–Kier alpha value is -0.960. The van der Waals surface area contributed by atoms with Gasteiger partial charge in [-0.3, -0.25) is 0 Å². The van der Waals surface area contributed by atoms with Gasteiger partial charge in [-0.1, -0.05) is 30.7 Å². The van der Waals surface area contributed by atoms with E-state index in [9.17, 15) is 8.78 Å². The van der Waals surface area contributed by atoms with Crippen molar-refractivity contribution in [1.82, 2.24) is 5.32 Å². The minimum atomic E-state index is -2.36. The lowest BCUT2D eigenvalue weighted by atomic mass is 9.97. The molecule has 1 heterocycles. The molecular weight excluding hydrogens is 220 g/mol. The molecule has 1 fully saturated rings. The molecule has 0 aromatic heterocycles. The van der Waals surface area contributed by atoms with E-state index in [1.54, 1.807) is 12.1 Å². The van der Waals surface area contributed by atoms with Gasteiger partial charge in [-0.25, -0.2) is 8.78 Å². The number of alkyl halides is 2. The molecule has 0 bridgehead atoms. The molecule has 0 saturated carbocycles. The van der Waals surface area contributed by atoms with Gasteiger partial charge in [-0.2, -0.15) is 0 Å². The van der Waals surface area contributed by atoms with E-state index in [0.717, 1.165) is 24.9 Å². The van der Waals surface area contributed by atoms with Gasteiger partial charge in [-0.15, -0.1) is 0 Å². The van der Waals surface area contributed by atoms with Crippen molar-refractivity contribution < 1.29 is 8.78 Å². The fraction of sp³-hybridized carbons (Fsp3) is 0.571. The zero-order valence-electron chi connectivity index (χ0n) is 9.96. The van der Waals surface area contributed by atoms with Crippen LogP contribution < -0.4 is 5.32 Å². The quantitative estimate of drug-likeness (QED) is 0.844. The first-order valence-electron chi connectivity index (χ1n) is 6.36. The van der Waals surface area contributed by atoms with Crippen molar-refractivity contribution >= 4 is 0 Å². The summed E-state index contributed by atoms with van der Waals surface area (Å²) in [5.74, 6) is 0. The van der Waals surface area contributed by atoms with Gasteiger partial charge in [0.15, 0.2) is 0 Å². The van der Waals surface area contributed by atoms with Gasteiger partial charge in [0, 0.05) is 11.6 Å². The number of hydrogen-bond acceptors (Lipinski definition) is 1. The van der Waals surface area contributed by atoms with Crippen molar-refractivity contribution in [3.05, 3.63) is 35.4 Å². The van der Waals surface area contributed by atoms with Crippen molar-refractivity contribution in [1.29, 1.82) is 0 Å². The smallest absolute Gasteiger partial charge is 0.263 e. The number of rotatable bonds is 4. The van der Waals surface area contributed by atoms with Crippen molar-refractivity contribution in [2.75, 3.05) is 6.54 Å². The monoisotopic (exact) mass is 239 g/mol. The molecule has 0 spiro atoms. The predicted octanol–water partition coefficient (Wildman–Crippen LogP) is 3.70. The van der Waals surface area contributed by atoms with Crippen LogP contribution in [0.5, 0.6) is 0 Å². The van der Waals surface area contributed by atoms with Crippen LogP contribution in [0, 0.1) is 0 Å². The van der Waals surface area contributed by atoms with Crippen LogP contribution in [0.1, 0.15) is 43.2 Å². The number of benzene rings is 1. The standard InChI is InChI=1S/C14H19F2N/c15-14(16)12-5-3-4-11(10-12)7-8-13-6-1-2-9-17-13/h3-5,10,13-14,17H,1-2,6-9H2. The van der Waals surface area contributed by atoms with Crippen LogP contribution >= 0.6 is 0 Å². The van der Waals surface area contributed by atoms with Gasteiger partial charge in [0.1, 0.15) is 0 Å². The third-order valence-electron chi connectivity index (χ3n) is 3.40. The second kappa shape index (κ2) is 6.10. The lowest BCUT2D eigenvalue weighted by Crippen LogP contribution is -2.34. The van der Waals surface area contributed by atoms with Crippen LogP contribution in [0.25, 0.3) is 0 Å². The molecule has 0 amide bonds. The second-order valence-corrected chi connectivity index (χ2v) is 4.73. The summed E-state index contributed by atoms with van der Waals surface area (Å²) >= 11 is 0. The van der Waals surface area contributed by atoms with Crippen LogP contribution in [0.2, 0.25) is 0 Å². The van der Waals surface area contributed by atoms with E-state index in [1.165, 1.54) is 25.3 Å². The molecule has 2 rings (SSSR count). The Morgan fingerprint density at radius 1 is 1.29 bits per heavy atom. The summed E-state index contributed by atoms with van der Waals surface area (Å²) in [7, 11) is 0. The summed E-state index contributed by atoms with van der Waals surface area (Å²) in [6, 6.07) is 7.36. The Morgan fingerprint density at radius 3 is 2.88 bits per heavy atom. The molecule has 1 aromatic rings. The molecule has 1 aliphatic rings. The molecule has 1 aromatic carbocycles. The molecule has 1 unspecified atom stereocenters. The molecule has 0 radical (unpaired) electrons. The lowest BCUT2D eigenvalue weighted by molar-refractivity contribution is 0.151. The molecule has 1 nitrogen and oxygen atoms in total. The van der Waals surface area contributed by atoms with Gasteiger partial charge in [0.2, 0.25) is 0 Å². The maximum atomic E-state index is 12.5. The highest BCUT2D eigenvalue weighted by molar-refractivity contribution is 5.24. The highest BCUT2D eigenvalue weighted by Gasteiger charge is 2.13. The van der Waals surface area contributed by atoms with Crippen LogP contribution in [-0.4, -0.2) is 12.6 Å². The summed E-state index contributed by atoms with van der Waals surface area (Å²) in [5.41, 5.74) is 1.16. The Morgan fingerprint density at radius 2 is 2.18 bits per heavy atom. The van der Waals surface area contributed by atoms with E-state index in [4.69, 9.17) is 0 Å². The second-order valence-electron chi connectivity index (χ2n) is 4.73. The molecule has 0 aliphatic carbocycles. The Labute approximate surface area is 101 Å². The van der Waals surface area contributed by atoms with Crippen LogP contribution in [0.15, 0.2) is 24.3 Å². The van der Waals surface area contributed by atoms with Crippen molar-refractivity contribution in [3.8, 4) is 0 Å². The highest BCUT2D eigenvalue weighted by Crippen LogP contribution is 2.21. The molecule has 94 valence electrons. The van der Waals surface area contributed by atoms with Crippen LogP contribution in [0.4, 0.5) is 8.78 Å². The summed E-state index contributed by atoms with van der Waals surface area (Å²) in [6.45, 7) is 1.10. The van der Waals surface area contributed by atoms with Crippen LogP contribution in [0.3, 0.4) is 0 Å². The summed E-state index contributed by atoms with van der Waals surface area (Å²) in [6.07, 6.45) is 3.34. The Balaban J connectivity index is 1.87. The SMILES string of the molecule is FC(F)c1cccc(CCC2CCCCN2)c1. The Bertz CT molecular complexity index is 346. The fourth-order valence-electron chi connectivity index (χ4n) is 2.40. The third-order valence-corrected chi connectivity index (χ3v) is 3.40. The normalized spacial score (nSPS) is 20.8. The van der Waals surface area contributed by atoms with Crippen LogP contribution in [-0.2, 0) is 6.42 Å². The van der Waals surface area contributed by atoms with Gasteiger partial charge in [0.25, 0.3) is 6.43 Å². The minimum Gasteiger partial charge on any atom is -0.314 e. The van der Waals surface area contributed by atoms with E-state index >= 15 is 0 Å². The number of halogens is 2. The van der Waals surface area contributed by atoms with Crippen molar-refractivity contribution in [3.63, 3.8) is 0 Å². The number of piperidine rings is 1. The Kier molecular flexibility index (Phi) is 4.49. The van der Waals surface area contributed by atoms with Gasteiger partial charge in [0.05, 0.1) is 0 Å². The van der Waals surface area contributed by atoms with E-state index in [1.807, 2.05) is 6.07 Å². The largest absolute Gasteiger partial charge is 0.314 e. The molecular formula is C14H19F2N. The topological polar surface area (TPSA) is 12.0 Å². The first-order valence-corrected chi connectivity index (χ1v) is 6.36. The van der Waals surface area contributed by atoms with E-state index in [2.05, 4.69) is 5.32 Å². The van der Waals surface area contributed by atoms with Gasteiger partial charge < -0.3 is 5.32 Å². The average Bonchev–Trinajstić information content (AvgIpc) is 2.38. The number of aryl methyl sites for hydroxylation is 1. The first kappa shape index (κ1) is 12.5. The average molecular weight is 239 g/mol. The zero-order valence-corrected chi connectivity index (χ0v) is 9.96. The molecule has 17 heavy (non-hydrogen) atoms. The number of hydrogen-bond donors (Lipinski definition) is 1. The van der Waals surface area contributed by atoms with E-state index in [-0.39, 0.29) is 5.56 Å².